The molecule has 0 amide bonds. The number of esters is 1. The highest BCUT2D eigenvalue weighted by Crippen LogP contribution is 2.22. The summed E-state index contributed by atoms with van der Waals surface area (Å²) in [6, 6.07) is 11.3. The van der Waals surface area contributed by atoms with E-state index in [0.29, 0.717) is 29.7 Å². The van der Waals surface area contributed by atoms with Crippen LogP contribution in [0.2, 0.25) is 0 Å². The molecule has 2 N–H and O–H groups in total. The highest BCUT2D eigenvalue weighted by atomic mass is 16.5. The van der Waals surface area contributed by atoms with Crippen molar-refractivity contribution in [2.75, 3.05) is 5.73 Å². The summed E-state index contributed by atoms with van der Waals surface area (Å²) >= 11 is 0. The lowest BCUT2D eigenvalue weighted by molar-refractivity contribution is -0.134. The fourth-order valence-electron chi connectivity index (χ4n) is 2.26. The zero-order valence-electron chi connectivity index (χ0n) is 14.5. The first-order chi connectivity index (χ1) is 12.6. The molecule has 0 aliphatic rings. The van der Waals surface area contributed by atoms with Crippen LogP contribution in [0.5, 0.6) is 11.6 Å². The van der Waals surface area contributed by atoms with Gasteiger partial charge < -0.3 is 15.2 Å². The van der Waals surface area contributed by atoms with E-state index in [1.54, 1.807) is 19.9 Å². The molecule has 26 heavy (non-hydrogen) atoms. The standard InChI is InChI=1S/C18H19N5O3/c1-3-17(24)26-14-10-20-23(12(14)2)15-9-16(22-18(19)21-15)25-11-13-7-5-4-6-8-13/h4-10H,3,11H2,1-2H3,(H2,19,21,22). The van der Waals surface area contributed by atoms with Gasteiger partial charge in [-0.2, -0.15) is 15.1 Å². The number of carbonyl (C=O) groups is 1. The van der Waals surface area contributed by atoms with E-state index >= 15 is 0 Å². The van der Waals surface area contributed by atoms with Gasteiger partial charge in [-0.25, -0.2) is 4.68 Å². The summed E-state index contributed by atoms with van der Waals surface area (Å²) in [5.74, 6) is 0.866. The molecule has 8 nitrogen and oxygen atoms in total. The second-order valence-electron chi connectivity index (χ2n) is 5.53. The van der Waals surface area contributed by atoms with E-state index in [1.807, 2.05) is 30.3 Å². The molecule has 0 atom stereocenters. The summed E-state index contributed by atoms with van der Waals surface area (Å²) in [4.78, 5) is 19.8. The Bertz CT molecular complexity index is 908. The molecule has 3 aromatic rings. The predicted octanol–water partition coefficient (Wildman–Crippen LogP) is 2.45. The summed E-state index contributed by atoms with van der Waals surface area (Å²) in [5.41, 5.74) is 7.43. The van der Waals surface area contributed by atoms with Gasteiger partial charge in [0.15, 0.2) is 11.6 Å². The van der Waals surface area contributed by atoms with E-state index in [9.17, 15) is 4.79 Å². The topological polar surface area (TPSA) is 105 Å². The Labute approximate surface area is 150 Å². The van der Waals surface area contributed by atoms with Crippen molar-refractivity contribution in [3.05, 3.63) is 53.9 Å². The van der Waals surface area contributed by atoms with Gasteiger partial charge >= 0.3 is 5.97 Å². The van der Waals surface area contributed by atoms with Crippen molar-refractivity contribution in [2.45, 2.75) is 26.9 Å². The van der Waals surface area contributed by atoms with Gasteiger partial charge in [-0.3, -0.25) is 4.79 Å². The van der Waals surface area contributed by atoms with E-state index in [4.69, 9.17) is 15.2 Å². The summed E-state index contributed by atoms with van der Waals surface area (Å²) in [6.07, 6.45) is 1.74. The van der Waals surface area contributed by atoms with Crippen LogP contribution in [0.3, 0.4) is 0 Å². The zero-order valence-corrected chi connectivity index (χ0v) is 14.5. The number of nitrogens with zero attached hydrogens (tertiary/aromatic N) is 4. The van der Waals surface area contributed by atoms with Gasteiger partial charge in [-0.05, 0) is 12.5 Å². The van der Waals surface area contributed by atoms with Gasteiger partial charge in [0.2, 0.25) is 11.8 Å². The van der Waals surface area contributed by atoms with Crippen LogP contribution >= 0.6 is 0 Å². The second-order valence-corrected chi connectivity index (χ2v) is 5.53. The summed E-state index contributed by atoms with van der Waals surface area (Å²) in [5, 5.41) is 4.21. The highest BCUT2D eigenvalue weighted by Gasteiger charge is 2.15. The average Bonchev–Trinajstić information content (AvgIpc) is 3.01. The van der Waals surface area contributed by atoms with E-state index in [1.165, 1.54) is 10.9 Å². The maximum Gasteiger partial charge on any atom is 0.311 e. The Hall–Kier alpha value is -3.42. The Balaban J connectivity index is 1.82. The number of rotatable bonds is 6. The molecule has 0 bridgehead atoms. The van der Waals surface area contributed by atoms with E-state index in [-0.39, 0.29) is 18.3 Å². The minimum absolute atomic E-state index is 0.0626. The molecule has 8 heteroatoms. The third-order valence-corrected chi connectivity index (χ3v) is 3.63. The van der Waals surface area contributed by atoms with Crippen molar-refractivity contribution in [1.29, 1.82) is 0 Å². The van der Waals surface area contributed by atoms with Crippen LogP contribution in [0.4, 0.5) is 5.95 Å². The maximum atomic E-state index is 11.5. The van der Waals surface area contributed by atoms with Gasteiger partial charge in [0.25, 0.3) is 0 Å². The number of aromatic nitrogens is 4. The first-order valence-corrected chi connectivity index (χ1v) is 8.13. The SMILES string of the molecule is CCC(=O)Oc1cnn(-c2cc(OCc3ccccc3)nc(N)n2)c1C. The first-order valence-electron chi connectivity index (χ1n) is 8.13. The monoisotopic (exact) mass is 353 g/mol. The number of nitrogen functional groups attached to an aromatic ring is 1. The van der Waals surface area contributed by atoms with Gasteiger partial charge in [-0.1, -0.05) is 37.3 Å². The molecule has 0 saturated heterocycles. The molecular formula is C18H19N5O3. The van der Waals surface area contributed by atoms with Crippen molar-refractivity contribution >= 4 is 11.9 Å². The van der Waals surface area contributed by atoms with Crippen LogP contribution in [0.1, 0.15) is 24.6 Å². The predicted molar refractivity (Wildman–Crippen MR) is 95.0 cm³/mol. The van der Waals surface area contributed by atoms with Crippen LogP contribution in [-0.2, 0) is 11.4 Å². The summed E-state index contributed by atoms with van der Waals surface area (Å²) < 4.78 is 12.5. The van der Waals surface area contributed by atoms with Crippen molar-refractivity contribution < 1.29 is 14.3 Å². The molecule has 2 aromatic heterocycles. The Morgan fingerprint density at radius 2 is 2.00 bits per heavy atom. The third-order valence-electron chi connectivity index (χ3n) is 3.63. The average molecular weight is 353 g/mol. The van der Waals surface area contributed by atoms with Crippen LogP contribution in [0, 0.1) is 6.92 Å². The lowest BCUT2D eigenvalue weighted by Gasteiger charge is -2.09. The van der Waals surface area contributed by atoms with E-state index < -0.39 is 0 Å². The largest absolute Gasteiger partial charge is 0.473 e. The minimum Gasteiger partial charge on any atom is -0.473 e. The highest BCUT2D eigenvalue weighted by molar-refractivity contribution is 5.72. The number of benzene rings is 1. The summed E-state index contributed by atoms with van der Waals surface area (Å²) in [6.45, 7) is 3.85. The quantitative estimate of drug-likeness (QED) is 0.679. The smallest absolute Gasteiger partial charge is 0.311 e. The normalized spacial score (nSPS) is 10.5. The Kier molecular flexibility index (Phi) is 5.12. The third kappa shape index (κ3) is 3.97. The van der Waals surface area contributed by atoms with Crippen LogP contribution < -0.4 is 15.2 Å². The molecule has 1 aromatic carbocycles. The van der Waals surface area contributed by atoms with Crippen molar-refractivity contribution in [3.8, 4) is 17.4 Å². The molecule has 0 aliphatic carbocycles. The van der Waals surface area contributed by atoms with Crippen molar-refractivity contribution in [1.82, 2.24) is 19.7 Å². The molecule has 0 spiro atoms. The van der Waals surface area contributed by atoms with Crippen LogP contribution in [0.15, 0.2) is 42.6 Å². The number of ether oxygens (including phenoxy) is 2. The number of anilines is 1. The van der Waals surface area contributed by atoms with Gasteiger partial charge in [0.1, 0.15) is 6.61 Å². The number of hydrogen-bond acceptors (Lipinski definition) is 7. The van der Waals surface area contributed by atoms with Crippen LogP contribution in [-0.4, -0.2) is 25.7 Å². The summed E-state index contributed by atoms with van der Waals surface area (Å²) in [7, 11) is 0. The fraction of sp³-hybridized carbons (Fsp3) is 0.222. The lowest BCUT2D eigenvalue weighted by Crippen LogP contribution is -2.09. The molecule has 134 valence electrons. The van der Waals surface area contributed by atoms with E-state index in [2.05, 4.69) is 15.1 Å². The molecule has 0 aliphatic heterocycles. The molecule has 0 unspecified atom stereocenters. The van der Waals surface area contributed by atoms with Crippen molar-refractivity contribution in [3.63, 3.8) is 0 Å². The molecule has 0 saturated carbocycles. The molecule has 0 fully saturated rings. The fourth-order valence-corrected chi connectivity index (χ4v) is 2.26. The first kappa shape index (κ1) is 17.4. The maximum absolute atomic E-state index is 11.5. The Morgan fingerprint density at radius 1 is 1.23 bits per heavy atom. The number of hydrogen-bond donors (Lipinski definition) is 1. The molecule has 0 radical (unpaired) electrons. The Morgan fingerprint density at radius 3 is 2.73 bits per heavy atom. The molecular weight excluding hydrogens is 334 g/mol. The van der Waals surface area contributed by atoms with Crippen LogP contribution in [0.25, 0.3) is 5.82 Å². The zero-order chi connectivity index (χ0) is 18.5. The number of nitrogens with two attached hydrogens (primary N) is 1. The molecule has 3 rings (SSSR count). The van der Waals surface area contributed by atoms with Gasteiger partial charge in [-0.15, -0.1) is 0 Å². The van der Waals surface area contributed by atoms with Gasteiger partial charge in [0.05, 0.1) is 11.9 Å². The lowest BCUT2D eigenvalue weighted by atomic mass is 10.2. The van der Waals surface area contributed by atoms with Gasteiger partial charge in [0, 0.05) is 12.5 Å². The van der Waals surface area contributed by atoms with E-state index in [0.717, 1.165) is 5.56 Å². The van der Waals surface area contributed by atoms with Crippen molar-refractivity contribution in [2.24, 2.45) is 0 Å². The second kappa shape index (κ2) is 7.64. The molecule has 2 heterocycles. The number of carbonyl (C=O) groups excluding carboxylic acids is 1. The minimum atomic E-state index is -0.332.